The largest absolute Gasteiger partial charge is 0.497 e. The Morgan fingerprint density at radius 3 is 2.53 bits per heavy atom. The Morgan fingerprint density at radius 1 is 1.03 bits per heavy atom. The number of anilines is 1. The number of carboxylic acid groups (broad SMARTS) is 1. The Balaban J connectivity index is 1.67. The molecule has 1 aromatic heterocycles. The number of rotatable bonds is 9. The normalized spacial score (nSPS) is 11.6. The number of halogens is 1. The maximum Gasteiger partial charge on any atom is 0.326 e. The van der Waals surface area contributed by atoms with E-state index in [1.54, 1.807) is 37.6 Å². The van der Waals surface area contributed by atoms with Gasteiger partial charge in [0.25, 0.3) is 0 Å². The molecule has 0 radical (unpaired) electrons. The van der Waals surface area contributed by atoms with E-state index in [9.17, 15) is 14.3 Å². The number of hydrogen-bond acceptors (Lipinski definition) is 5. The molecule has 0 amide bonds. The van der Waals surface area contributed by atoms with Crippen molar-refractivity contribution < 1.29 is 19.0 Å². The number of carbonyl (C=O) groups is 1. The first kappa shape index (κ1) is 22.9. The number of nitrogens with zero attached hydrogens (tertiary/aromatic N) is 2. The predicted molar refractivity (Wildman–Crippen MR) is 128 cm³/mol. The summed E-state index contributed by atoms with van der Waals surface area (Å²) in [6, 6.07) is 22.1. The predicted octanol–water partition coefficient (Wildman–Crippen LogP) is 4.99. The van der Waals surface area contributed by atoms with Crippen molar-refractivity contribution in [3.8, 4) is 17.0 Å². The minimum absolute atomic E-state index is 0.216. The van der Waals surface area contributed by atoms with Crippen LogP contribution in [0.4, 0.5) is 10.2 Å². The van der Waals surface area contributed by atoms with Crippen molar-refractivity contribution in [1.82, 2.24) is 9.97 Å². The van der Waals surface area contributed by atoms with Gasteiger partial charge >= 0.3 is 5.97 Å². The monoisotopic (exact) mass is 457 g/mol. The van der Waals surface area contributed by atoms with E-state index < -0.39 is 12.0 Å². The van der Waals surface area contributed by atoms with Gasteiger partial charge in [0.05, 0.1) is 24.7 Å². The van der Waals surface area contributed by atoms with Gasteiger partial charge in [-0.1, -0.05) is 54.6 Å². The van der Waals surface area contributed by atoms with Crippen molar-refractivity contribution in [2.45, 2.75) is 18.9 Å². The first-order valence-corrected chi connectivity index (χ1v) is 10.8. The van der Waals surface area contributed by atoms with Gasteiger partial charge in [-0.25, -0.2) is 19.2 Å². The van der Waals surface area contributed by atoms with Crippen LogP contribution >= 0.6 is 0 Å². The van der Waals surface area contributed by atoms with Crippen molar-refractivity contribution >= 4 is 11.8 Å². The summed E-state index contributed by atoms with van der Waals surface area (Å²) in [7, 11) is 1.56. The zero-order chi connectivity index (χ0) is 23.9. The van der Waals surface area contributed by atoms with E-state index in [1.165, 1.54) is 12.1 Å². The molecule has 0 aliphatic rings. The maximum atomic E-state index is 13.8. The summed E-state index contributed by atoms with van der Waals surface area (Å²) in [5.74, 6) is -0.367. The molecule has 7 heteroatoms. The molecule has 4 aromatic rings. The van der Waals surface area contributed by atoms with Crippen molar-refractivity contribution in [3.05, 3.63) is 108 Å². The highest BCUT2D eigenvalue weighted by atomic mass is 19.1. The van der Waals surface area contributed by atoms with Crippen LogP contribution < -0.4 is 10.1 Å². The van der Waals surface area contributed by atoms with Crippen LogP contribution in [0.15, 0.2) is 85.1 Å². The van der Waals surface area contributed by atoms with E-state index in [1.807, 2.05) is 42.5 Å². The number of benzene rings is 3. The number of hydrogen-bond donors (Lipinski definition) is 2. The van der Waals surface area contributed by atoms with Gasteiger partial charge in [0.1, 0.15) is 23.4 Å². The van der Waals surface area contributed by atoms with Crippen LogP contribution in [0.3, 0.4) is 0 Å². The second-order valence-corrected chi connectivity index (χ2v) is 7.81. The summed E-state index contributed by atoms with van der Waals surface area (Å²) < 4.78 is 19.0. The molecule has 1 heterocycles. The number of carboxylic acids is 1. The van der Waals surface area contributed by atoms with Gasteiger partial charge in [-0.3, -0.25) is 0 Å². The van der Waals surface area contributed by atoms with E-state index >= 15 is 0 Å². The molecule has 0 spiro atoms. The molecule has 0 aliphatic carbocycles. The van der Waals surface area contributed by atoms with Crippen LogP contribution in [0.1, 0.15) is 16.8 Å². The summed E-state index contributed by atoms with van der Waals surface area (Å²) in [6.45, 7) is 0. The fourth-order valence-electron chi connectivity index (χ4n) is 3.66. The lowest BCUT2D eigenvalue weighted by Crippen LogP contribution is -2.32. The SMILES string of the molecule is COc1cccc(CC(Nc2ncc(-c3ccccc3)nc2Cc2cccc(F)c2)C(=O)O)c1. The van der Waals surface area contributed by atoms with Gasteiger partial charge in [-0.2, -0.15) is 0 Å². The lowest BCUT2D eigenvalue weighted by atomic mass is 10.0. The first-order chi connectivity index (χ1) is 16.5. The zero-order valence-electron chi connectivity index (χ0n) is 18.6. The minimum atomic E-state index is -1.02. The van der Waals surface area contributed by atoms with Gasteiger partial charge in [-0.15, -0.1) is 0 Å². The first-order valence-electron chi connectivity index (χ1n) is 10.8. The topological polar surface area (TPSA) is 84.3 Å². The van der Waals surface area contributed by atoms with Gasteiger partial charge in [0.2, 0.25) is 0 Å². The molecule has 0 saturated carbocycles. The lowest BCUT2D eigenvalue weighted by molar-refractivity contribution is -0.137. The summed E-state index contributed by atoms with van der Waals surface area (Å²) in [4.78, 5) is 21.3. The highest BCUT2D eigenvalue weighted by Gasteiger charge is 2.21. The summed E-state index contributed by atoms with van der Waals surface area (Å²) in [6.07, 6.45) is 2.12. The van der Waals surface area contributed by atoms with Gasteiger partial charge < -0.3 is 15.2 Å². The number of nitrogens with one attached hydrogen (secondary N) is 1. The third-order valence-corrected chi connectivity index (χ3v) is 5.36. The zero-order valence-corrected chi connectivity index (χ0v) is 18.6. The van der Waals surface area contributed by atoms with Crippen LogP contribution in [0.25, 0.3) is 11.3 Å². The van der Waals surface area contributed by atoms with E-state index in [0.29, 0.717) is 34.9 Å². The Bertz CT molecular complexity index is 1280. The van der Waals surface area contributed by atoms with E-state index in [2.05, 4.69) is 10.3 Å². The third-order valence-electron chi connectivity index (χ3n) is 5.36. The molecule has 172 valence electrons. The molecule has 4 rings (SSSR count). The Hall–Kier alpha value is -4.26. The van der Waals surface area contributed by atoms with Crippen molar-refractivity contribution in [3.63, 3.8) is 0 Å². The average Bonchev–Trinajstić information content (AvgIpc) is 2.85. The second-order valence-electron chi connectivity index (χ2n) is 7.81. The van der Waals surface area contributed by atoms with E-state index in [4.69, 9.17) is 9.72 Å². The summed E-state index contributed by atoms with van der Waals surface area (Å²) in [5.41, 5.74) is 3.58. The van der Waals surface area contributed by atoms with Crippen molar-refractivity contribution in [1.29, 1.82) is 0 Å². The van der Waals surface area contributed by atoms with E-state index in [-0.39, 0.29) is 12.2 Å². The molecule has 0 aliphatic heterocycles. The highest BCUT2D eigenvalue weighted by molar-refractivity contribution is 5.77. The second kappa shape index (κ2) is 10.6. The minimum Gasteiger partial charge on any atom is -0.497 e. The average molecular weight is 458 g/mol. The Kier molecular flexibility index (Phi) is 7.13. The number of aromatic nitrogens is 2. The van der Waals surface area contributed by atoms with Crippen LogP contribution in [-0.4, -0.2) is 34.2 Å². The van der Waals surface area contributed by atoms with Crippen molar-refractivity contribution in [2.75, 3.05) is 12.4 Å². The lowest BCUT2D eigenvalue weighted by Gasteiger charge is -2.18. The van der Waals surface area contributed by atoms with Crippen LogP contribution in [-0.2, 0) is 17.6 Å². The molecule has 3 aromatic carbocycles. The summed E-state index contributed by atoms with van der Waals surface area (Å²) >= 11 is 0. The number of ether oxygens (including phenoxy) is 1. The number of methoxy groups -OCH3 is 1. The Labute approximate surface area is 197 Å². The van der Waals surface area contributed by atoms with Gasteiger partial charge in [-0.05, 0) is 35.4 Å². The summed E-state index contributed by atoms with van der Waals surface area (Å²) in [5, 5.41) is 12.9. The molecule has 0 bridgehead atoms. The third kappa shape index (κ3) is 5.75. The molecule has 1 atom stereocenters. The molecular formula is C27H24FN3O3. The maximum absolute atomic E-state index is 13.8. The molecule has 0 fully saturated rings. The molecular weight excluding hydrogens is 433 g/mol. The Morgan fingerprint density at radius 2 is 1.79 bits per heavy atom. The molecule has 6 nitrogen and oxygen atoms in total. The van der Waals surface area contributed by atoms with Gasteiger partial charge in [0.15, 0.2) is 0 Å². The van der Waals surface area contributed by atoms with Crippen LogP contribution in [0, 0.1) is 5.82 Å². The van der Waals surface area contributed by atoms with E-state index in [0.717, 1.165) is 11.1 Å². The molecule has 0 saturated heterocycles. The molecule has 34 heavy (non-hydrogen) atoms. The van der Waals surface area contributed by atoms with Crippen LogP contribution in [0.2, 0.25) is 0 Å². The van der Waals surface area contributed by atoms with Crippen molar-refractivity contribution in [2.24, 2.45) is 0 Å². The molecule has 1 unspecified atom stereocenters. The molecule has 2 N–H and O–H groups in total. The number of aliphatic carboxylic acids is 1. The highest BCUT2D eigenvalue weighted by Crippen LogP contribution is 2.23. The quantitative estimate of drug-likeness (QED) is 0.368. The fraction of sp³-hybridized carbons (Fsp3) is 0.148. The van der Waals surface area contributed by atoms with Gasteiger partial charge in [0, 0.05) is 18.4 Å². The fourth-order valence-corrected chi connectivity index (χ4v) is 3.66. The van der Waals surface area contributed by atoms with Crippen LogP contribution in [0.5, 0.6) is 5.75 Å². The standard InChI is InChI=1S/C27H24FN3O3/c1-34-22-12-6-8-19(14-22)16-24(27(32)33)31-26-23(15-18-7-5-11-21(28)13-18)30-25(17-29-26)20-9-3-2-4-10-20/h2-14,17,24H,15-16H2,1H3,(H,29,31)(H,32,33). The smallest absolute Gasteiger partial charge is 0.326 e.